The van der Waals surface area contributed by atoms with Gasteiger partial charge in [0.15, 0.2) is 6.61 Å². The number of carbonyl (C=O) groups is 1. The minimum Gasteiger partial charge on any atom is -0.508 e. The van der Waals surface area contributed by atoms with Crippen LogP contribution in [-0.4, -0.2) is 48.7 Å². The van der Waals surface area contributed by atoms with Crippen LogP contribution in [-0.2, 0) is 4.79 Å². The first-order chi connectivity index (χ1) is 11.6. The zero-order valence-corrected chi connectivity index (χ0v) is 13.9. The lowest BCUT2D eigenvalue weighted by atomic mass is 10.2. The molecule has 6 heteroatoms. The van der Waals surface area contributed by atoms with E-state index in [1.165, 1.54) is 0 Å². The van der Waals surface area contributed by atoms with Crippen molar-refractivity contribution in [2.45, 2.75) is 0 Å². The third-order valence-corrected chi connectivity index (χ3v) is 4.35. The van der Waals surface area contributed by atoms with E-state index in [1.54, 1.807) is 29.2 Å². The maximum Gasteiger partial charge on any atom is 0.260 e. The summed E-state index contributed by atoms with van der Waals surface area (Å²) in [6.45, 7) is 2.78. The molecule has 0 atom stereocenters. The third-order valence-electron chi connectivity index (χ3n) is 4.04. The normalized spacial score (nSPS) is 14.5. The van der Waals surface area contributed by atoms with Gasteiger partial charge < -0.3 is 19.6 Å². The second kappa shape index (κ2) is 7.45. The molecule has 0 aliphatic carbocycles. The number of piperazine rings is 1. The van der Waals surface area contributed by atoms with Crippen molar-refractivity contribution < 1.29 is 14.6 Å². The number of hydrogen-bond acceptors (Lipinski definition) is 4. The molecule has 0 unspecified atom stereocenters. The molecule has 0 radical (unpaired) electrons. The van der Waals surface area contributed by atoms with E-state index in [0.29, 0.717) is 23.9 Å². The first kappa shape index (κ1) is 16.5. The number of amides is 1. The highest BCUT2D eigenvalue weighted by Gasteiger charge is 2.21. The number of phenolic OH excluding ortho intramolecular Hbond substituents is 1. The number of carbonyl (C=O) groups excluding carboxylic acids is 1. The van der Waals surface area contributed by atoms with Gasteiger partial charge >= 0.3 is 0 Å². The van der Waals surface area contributed by atoms with Crippen molar-refractivity contribution in [3.05, 3.63) is 53.6 Å². The van der Waals surface area contributed by atoms with Crippen LogP contribution in [0.2, 0.25) is 5.02 Å². The fourth-order valence-corrected chi connectivity index (χ4v) is 2.86. The number of para-hydroxylation sites is 1. The smallest absolute Gasteiger partial charge is 0.260 e. The number of ether oxygens (including phenoxy) is 1. The molecule has 0 spiro atoms. The van der Waals surface area contributed by atoms with Gasteiger partial charge in [-0.15, -0.1) is 0 Å². The van der Waals surface area contributed by atoms with Crippen molar-refractivity contribution in [1.82, 2.24) is 4.90 Å². The van der Waals surface area contributed by atoms with Crippen molar-refractivity contribution in [3.63, 3.8) is 0 Å². The lowest BCUT2D eigenvalue weighted by molar-refractivity contribution is -0.133. The fraction of sp³-hybridized carbons (Fsp3) is 0.278. The molecule has 1 fully saturated rings. The number of halogens is 1. The Morgan fingerprint density at radius 1 is 1.04 bits per heavy atom. The summed E-state index contributed by atoms with van der Waals surface area (Å²) in [6.07, 6.45) is 0. The average Bonchev–Trinajstić information content (AvgIpc) is 2.62. The molecule has 1 heterocycles. The third kappa shape index (κ3) is 3.92. The van der Waals surface area contributed by atoms with Crippen LogP contribution in [0.5, 0.6) is 11.5 Å². The van der Waals surface area contributed by atoms with E-state index in [1.807, 2.05) is 24.3 Å². The largest absolute Gasteiger partial charge is 0.508 e. The monoisotopic (exact) mass is 346 g/mol. The van der Waals surface area contributed by atoms with Crippen molar-refractivity contribution in [1.29, 1.82) is 0 Å². The van der Waals surface area contributed by atoms with Gasteiger partial charge in [0, 0.05) is 31.9 Å². The second-order valence-electron chi connectivity index (χ2n) is 5.60. The van der Waals surface area contributed by atoms with Crippen molar-refractivity contribution in [2.24, 2.45) is 0 Å². The molecule has 0 bridgehead atoms. The minimum atomic E-state index is -0.0414. The Labute approximate surface area is 146 Å². The first-order valence-corrected chi connectivity index (χ1v) is 8.20. The number of rotatable bonds is 4. The zero-order chi connectivity index (χ0) is 16.9. The molecule has 24 heavy (non-hydrogen) atoms. The summed E-state index contributed by atoms with van der Waals surface area (Å²) < 4.78 is 5.51. The summed E-state index contributed by atoms with van der Waals surface area (Å²) in [7, 11) is 0. The zero-order valence-electron chi connectivity index (χ0n) is 13.2. The van der Waals surface area contributed by atoms with Gasteiger partial charge in [0.05, 0.1) is 5.02 Å². The highest BCUT2D eigenvalue weighted by Crippen LogP contribution is 2.23. The van der Waals surface area contributed by atoms with Crippen LogP contribution in [0.25, 0.3) is 0 Å². The van der Waals surface area contributed by atoms with E-state index in [9.17, 15) is 9.90 Å². The Balaban J connectivity index is 1.50. The van der Waals surface area contributed by atoms with Crippen LogP contribution in [0.3, 0.4) is 0 Å². The van der Waals surface area contributed by atoms with E-state index in [4.69, 9.17) is 16.3 Å². The van der Waals surface area contributed by atoms with Gasteiger partial charge in [-0.2, -0.15) is 0 Å². The molecule has 1 N–H and O–H groups in total. The van der Waals surface area contributed by atoms with Crippen LogP contribution < -0.4 is 9.64 Å². The molecule has 5 nitrogen and oxygen atoms in total. The quantitative estimate of drug-likeness (QED) is 0.925. The van der Waals surface area contributed by atoms with Crippen molar-refractivity contribution in [3.8, 4) is 11.5 Å². The molecule has 1 amide bonds. The van der Waals surface area contributed by atoms with Crippen LogP contribution >= 0.6 is 11.6 Å². The van der Waals surface area contributed by atoms with Gasteiger partial charge in [-0.25, -0.2) is 0 Å². The average molecular weight is 347 g/mol. The Kier molecular flexibility index (Phi) is 5.11. The molecule has 2 aromatic rings. The molecule has 126 valence electrons. The Morgan fingerprint density at radius 3 is 2.38 bits per heavy atom. The summed E-state index contributed by atoms with van der Waals surface area (Å²) in [4.78, 5) is 16.3. The Bertz CT molecular complexity index is 698. The number of nitrogens with zero attached hydrogens (tertiary/aromatic N) is 2. The molecule has 0 aromatic heterocycles. The van der Waals surface area contributed by atoms with Gasteiger partial charge in [-0.1, -0.05) is 23.7 Å². The maximum atomic E-state index is 12.3. The van der Waals surface area contributed by atoms with Gasteiger partial charge in [0.25, 0.3) is 5.91 Å². The highest BCUT2D eigenvalue weighted by atomic mass is 35.5. The fourth-order valence-electron chi connectivity index (χ4n) is 2.67. The van der Waals surface area contributed by atoms with Crippen LogP contribution in [0.1, 0.15) is 0 Å². The van der Waals surface area contributed by atoms with E-state index in [-0.39, 0.29) is 18.3 Å². The standard InChI is InChI=1S/C18H19ClN2O3/c19-16-3-1-2-4-17(16)24-13-18(23)21-11-9-20(10-12-21)14-5-7-15(22)8-6-14/h1-8,22H,9-13H2. The van der Waals surface area contributed by atoms with Crippen LogP contribution in [0.15, 0.2) is 48.5 Å². The van der Waals surface area contributed by atoms with Crippen molar-refractivity contribution in [2.75, 3.05) is 37.7 Å². The highest BCUT2D eigenvalue weighted by molar-refractivity contribution is 6.32. The molecular weight excluding hydrogens is 328 g/mol. The van der Waals surface area contributed by atoms with Gasteiger partial charge in [-0.3, -0.25) is 4.79 Å². The lowest BCUT2D eigenvalue weighted by Crippen LogP contribution is -2.50. The SMILES string of the molecule is O=C(COc1ccccc1Cl)N1CCN(c2ccc(O)cc2)CC1. The number of benzene rings is 2. The van der Waals surface area contributed by atoms with E-state index >= 15 is 0 Å². The summed E-state index contributed by atoms with van der Waals surface area (Å²) in [5, 5.41) is 9.85. The summed E-state index contributed by atoms with van der Waals surface area (Å²) in [6, 6.07) is 14.2. The maximum absolute atomic E-state index is 12.3. The molecule has 2 aromatic carbocycles. The number of phenols is 1. The summed E-state index contributed by atoms with van der Waals surface area (Å²) >= 11 is 6.02. The predicted molar refractivity (Wildman–Crippen MR) is 93.8 cm³/mol. The first-order valence-electron chi connectivity index (χ1n) is 7.82. The predicted octanol–water partition coefficient (Wildman–Crippen LogP) is 2.77. The van der Waals surface area contributed by atoms with Crippen LogP contribution in [0, 0.1) is 0 Å². The molecule has 1 aliphatic heterocycles. The van der Waals surface area contributed by atoms with E-state index < -0.39 is 0 Å². The molecular formula is C18H19ClN2O3. The number of hydrogen-bond donors (Lipinski definition) is 1. The van der Waals surface area contributed by atoms with Crippen molar-refractivity contribution >= 4 is 23.2 Å². The summed E-state index contributed by atoms with van der Waals surface area (Å²) in [5.41, 5.74) is 1.05. The Hall–Kier alpha value is -2.40. The number of anilines is 1. The lowest BCUT2D eigenvalue weighted by Gasteiger charge is -2.36. The minimum absolute atomic E-state index is 0.0110. The second-order valence-corrected chi connectivity index (χ2v) is 6.01. The molecule has 0 saturated carbocycles. The molecule has 3 rings (SSSR count). The Morgan fingerprint density at radius 2 is 1.71 bits per heavy atom. The van der Waals surface area contributed by atoms with E-state index in [0.717, 1.165) is 18.8 Å². The molecule has 1 aliphatic rings. The van der Waals surface area contributed by atoms with Gasteiger partial charge in [0.2, 0.25) is 0 Å². The van der Waals surface area contributed by atoms with E-state index in [2.05, 4.69) is 4.90 Å². The van der Waals surface area contributed by atoms with Crippen LogP contribution in [0.4, 0.5) is 5.69 Å². The summed E-state index contributed by atoms with van der Waals surface area (Å²) in [5.74, 6) is 0.736. The van der Waals surface area contributed by atoms with Gasteiger partial charge in [0.1, 0.15) is 11.5 Å². The number of aromatic hydroxyl groups is 1. The molecule has 1 saturated heterocycles. The topological polar surface area (TPSA) is 53.0 Å². The van der Waals surface area contributed by atoms with Gasteiger partial charge in [-0.05, 0) is 36.4 Å².